The van der Waals surface area contributed by atoms with E-state index in [9.17, 15) is 19.7 Å². The monoisotopic (exact) mass is 477 g/mol. The van der Waals surface area contributed by atoms with Gasteiger partial charge in [0.15, 0.2) is 5.78 Å². The Morgan fingerprint density at radius 1 is 1.15 bits per heavy atom. The van der Waals surface area contributed by atoms with Crippen molar-refractivity contribution < 1.29 is 14.5 Å². The number of nitro benzene ring substituents is 1. The van der Waals surface area contributed by atoms with Crippen LogP contribution in [0.25, 0.3) is 0 Å². The van der Waals surface area contributed by atoms with Gasteiger partial charge in [-0.3, -0.25) is 24.6 Å². The highest BCUT2D eigenvalue weighted by molar-refractivity contribution is 7.99. The summed E-state index contributed by atoms with van der Waals surface area (Å²) < 4.78 is 0. The number of thioether (sulfide) groups is 1. The highest BCUT2D eigenvalue weighted by Gasteiger charge is 2.69. The molecular formula is C24H19N3O4S2. The van der Waals surface area contributed by atoms with Crippen LogP contribution in [0.2, 0.25) is 0 Å². The number of rotatable bonds is 4. The van der Waals surface area contributed by atoms with E-state index in [1.165, 1.54) is 17.4 Å². The Morgan fingerprint density at radius 2 is 2.00 bits per heavy atom. The van der Waals surface area contributed by atoms with Crippen LogP contribution in [0.5, 0.6) is 0 Å². The van der Waals surface area contributed by atoms with Crippen LogP contribution in [0.3, 0.4) is 0 Å². The Bertz CT molecular complexity index is 1290. The molecule has 1 amide bonds. The highest BCUT2D eigenvalue weighted by atomic mass is 32.2. The largest absolute Gasteiger partial charge is 0.324 e. The van der Waals surface area contributed by atoms with Crippen molar-refractivity contribution in [2.45, 2.75) is 17.5 Å². The van der Waals surface area contributed by atoms with Crippen molar-refractivity contribution in [1.82, 2.24) is 4.90 Å². The molecule has 0 saturated carbocycles. The lowest BCUT2D eigenvalue weighted by Crippen LogP contribution is -2.52. The minimum atomic E-state index is -1.15. The summed E-state index contributed by atoms with van der Waals surface area (Å²) in [6.45, 7) is 0. The van der Waals surface area contributed by atoms with Crippen molar-refractivity contribution in [2.75, 3.05) is 16.9 Å². The SMILES string of the molecule is O=C(c1cccs1)[C@@H]1[C@H](c2cccc([N+](=O)[O-])c2)[C@@H]2CSCN2[C@@]12C(=O)Nc1ccccc12. The van der Waals surface area contributed by atoms with Crippen LogP contribution in [0.4, 0.5) is 11.4 Å². The number of hydrogen-bond acceptors (Lipinski definition) is 7. The average molecular weight is 478 g/mol. The number of nitrogens with zero attached hydrogens (tertiary/aromatic N) is 2. The first kappa shape index (κ1) is 20.6. The molecule has 3 aromatic rings. The fraction of sp³-hybridized carbons (Fsp3) is 0.250. The third kappa shape index (κ3) is 2.79. The molecule has 0 radical (unpaired) electrons. The van der Waals surface area contributed by atoms with E-state index in [1.54, 1.807) is 30.0 Å². The number of hydrogen-bond donors (Lipinski definition) is 1. The van der Waals surface area contributed by atoms with E-state index in [1.807, 2.05) is 41.8 Å². The fourth-order valence-electron chi connectivity index (χ4n) is 5.82. The predicted molar refractivity (Wildman–Crippen MR) is 128 cm³/mol. The van der Waals surface area contributed by atoms with Crippen LogP contribution >= 0.6 is 23.1 Å². The van der Waals surface area contributed by atoms with Gasteiger partial charge in [0.25, 0.3) is 5.69 Å². The molecule has 7 nitrogen and oxygen atoms in total. The van der Waals surface area contributed by atoms with E-state index in [-0.39, 0.29) is 29.3 Å². The minimum Gasteiger partial charge on any atom is -0.324 e. The number of ketones is 1. The zero-order chi connectivity index (χ0) is 22.7. The number of carbonyl (C=O) groups excluding carboxylic acids is 2. The molecule has 1 N–H and O–H groups in total. The van der Waals surface area contributed by atoms with E-state index in [4.69, 9.17) is 0 Å². The summed E-state index contributed by atoms with van der Waals surface area (Å²) in [6.07, 6.45) is 0. The highest BCUT2D eigenvalue weighted by Crippen LogP contribution is 2.61. The molecule has 2 saturated heterocycles. The number of fused-ring (bicyclic) bond motifs is 4. The second kappa shape index (κ2) is 7.51. The lowest BCUT2D eigenvalue weighted by molar-refractivity contribution is -0.384. The smallest absolute Gasteiger partial charge is 0.269 e. The average Bonchev–Trinajstić information content (AvgIpc) is 3.59. The molecule has 0 bridgehead atoms. The molecule has 4 heterocycles. The van der Waals surface area contributed by atoms with E-state index < -0.39 is 16.4 Å². The van der Waals surface area contributed by atoms with Gasteiger partial charge in [-0.25, -0.2) is 0 Å². The molecule has 3 aliphatic heterocycles. The molecular weight excluding hydrogens is 458 g/mol. The van der Waals surface area contributed by atoms with Gasteiger partial charge in [-0.15, -0.1) is 23.1 Å². The maximum Gasteiger partial charge on any atom is 0.269 e. The van der Waals surface area contributed by atoms with Gasteiger partial charge in [-0.2, -0.15) is 0 Å². The van der Waals surface area contributed by atoms with Crippen molar-refractivity contribution in [2.24, 2.45) is 5.92 Å². The Balaban J connectivity index is 1.62. The lowest BCUT2D eigenvalue weighted by Gasteiger charge is -2.36. The third-order valence-corrected chi connectivity index (χ3v) is 8.96. The van der Waals surface area contributed by atoms with Crippen LogP contribution in [0.1, 0.15) is 26.7 Å². The molecule has 3 aliphatic rings. The Labute approximate surface area is 197 Å². The Morgan fingerprint density at radius 3 is 2.79 bits per heavy atom. The zero-order valence-corrected chi connectivity index (χ0v) is 19.0. The van der Waals surface area contributed by atoms with Gasteiger partial charge in [-0.1, -0.05) is 36.4 Å². The summed E-state index contributed by atoms with van der Waals surface area (Å²) in [4.78, 5) is 41.8. The van der Waals surface area contributed by atoms with Crippen molar-refractivity contribution >= 4 is 46.2 Å². The first-order valence-electron chi connectivity index (χ1n) is 10.6. The molecule has 6 rings (SSSR count). The number of nitrogens with one attached hydrogen (secondary N) is 1. The van der Waals surface area contributed by atoms with Crippen molar-refractivity contribution in [3.8, 4) is 0 Å². The number of anilines is 1. The molecule has 2 aromatic carbocycles. The van der Waals surface area contributed by atoms with Crippen molar-refractivity contribution in [3.63, 3.8) is 0 Å². The van der Waals surface area contributed by atoms with Gasteiger partial charge in [0.2, 0.25) is 5.91 Å². The number of benzene rings is 2. The summed E-state index contributed by atoms with van der Waals surface area (Å²) in [5.74, 6) is 0.0242. The van der Waals surface area contributed by atoms with Crippen LogP contribution < -0.4 is 5.32 Å². The van der Waals surface area contributed by atoms with Gasteiger partial charge in [0, 0.05) is 47.0 Å². The number of Topliss-reactive ketones (excluding diaryl/α,β-unsaturated/α-hetero) is 1. The second-order valence-corrected chi connectivity index (χ2v) is 10.4. The standard InChI is InChI=1S/C24H19N3O4S2/c28-22(19-9-4-10-33-19)21-20(14-5-3-6-15(11-14)27(30)31)18-12-32-13-26(18)24(21)16-7-1-2-8-17(16)25-23(24)29/h1-11,18,20-21H,12-13H2,(H,25,29)/t18-,20+,21-,24+/m0/s1. The fourth-order valence-corrected chi connectivity index (χ4v) is 7.85. The third-order valence-electron chi connectivity index (χ3n) is 7.04. The van der Waals surface area contributed by atoms with E-state index in [0.717, 1.165) is 22.6 Å². The Kier molecular flexibility index (Phi) is 4.69. The summed E-state index contributed by atoms with van der Waals surface area (Å²) in [5.41, 5.74) is 1.10. The second-order valence-electron chi connectivity index (χ2n) is 8.50. The molecule has 4 atom stereocenters. The van der Waals surface area contributed by atoms with Gasteiger partial charge in [-0.05, 0) is 23.1 Å². The lowest BCUT2D eigenvalue weighted by atomic mass is 9.70. The quantitative estimate of drug-likeness (QED) is 0.339. The number of nitro groups is 1. The predicted octanol–water partition coefficient (Wildman–Crippen LogP) is 4.48. The minimum absolute atomic E-state index is 0.00996. The molecule has 33 heavy (non-hydrogen) atoms. The summed E-state index contributed by atoms with van der Waals surface area (Å²) in [5, 5.41) is 16.4. The number of carbonyl (C=O) groups is 2. The van der Waals surface area contributed by atoms with Gasteiger partial charge in [0.05, 0.1) is 15.7 Å². The van der Waals surface area contributed by atoms with Gasteiger partial charge >= 0.3 is 0 Å². The van der Waals surface area contributed by atoms with Crippen LogP contribution in [0.15, 0.2) is 66.0 Å². The first-order valence-corrected chi connectivity index (χ1v) is 12.6. The van der Waals surface area contributed by atoms with Gasteiger partial charge in [0.1, 0.15) is 5.54 Å². The van der Waals surface area contributed by atoms with E-state index in [0.29, 0.717) is 10.8 Å². The molecule has 166 valence electrons. The summed E-state index contributed by atoms with van der Waals surface area (Å²) in [7, 11) is 0. The number of thiophene rings is 1. The van der Waals surface area contributed by atoms with Crippen molar-refractivity contribution in [1.29, 1.82) is 0 Å². The summed E-state index contributed by atoms with van der Waals surface area (Å²) in [6, 6.07) is 17.6. The number of para-hydroxylation sites is 1. The maximum atomic E-state index is 14.1. The molecule has 9 heteroatoms. The molecule has 0 aliphatic carbocycles. The summed E-state index contributed by atoms with van der Waals surface area (Å²) >= 11 is 3.09. The normalized spacial score (nSPS) is 28.0. The molecule has 1 spiro atoms. The molecule has 1 aromatic heterocycles. The molecule has 0 unspecified atom stereocenters. The number of non-ortho nitro benzene ring substituents is 1. The van der Waals surface area contributed by atoms with Crippen molar-refractivity contribution in [3.05, 3.63) is 92.2 Å². The maximum absolute atomic E-state index is 14.1. The van der Waals surface area contributed by atoms with E-state index >= 15 is 0 Å². The van der Waals surface area contributed by atoms with Crippen LogP contribution in [-0.2, 0) is 10.3 Å². The van der Waals surface area contributed by atoms with Crippen LogP contribution in [-0.4, -0.2) is 39.2 Å². The van der Waals surface area contributed by atoms with E-state index in [2.05, 4.69) is 10.2 Å². The Hall–Kier alpha value is -3.01. The van der Waals surface area contributed by atoms with Crippen LogP contribution in [0, 0.1) is 16.0 Å². The topological polar surface area (TPSA) is 92.5 Å². The molecule has 2 fully saturated rings. The first-order chi connectivity index (χ1) is 16.0. The zero-order valence-electron chi connectivity index (χ0n) is 17.3. The van der Waals surface area contributed by atoms with Gasteiger partial charge < -0.3 is 5.32 Å². The number of amides is 1.